The molecule has 0 aliphatic heterocycles. The minimum atomic E-state index is 0.608. The van der Waals surface area contributed by atoms with E-state index in [-0.39, 0.29) is 0 Å². The second-order valence-corrected chi connectivity index (χ2v) is 4.91. The Balaban J connectivity index is 2.80. The van der Waals surface area contributed by atoms with Crippen molar-refractivity contribution in [3.8, 4) is 0 Å². The molecule has 0 radical (unpaired) electrons. The van der Waals surface area contributed by atoms with E-state index in [1.165, 1.54) is 24.0 Å². The minimum Gasteiger partial charge on any atom is -0.383 e. The van der Waals surface area contributed by atoms with E-state index in [0.29, 0.717) is 12.6 Å². The molecule has 0 unspecified atom stereocenters. The quantitative estimate of drug-likeness (QED) is 0.745. The molecular weight excluding hydrogens is 236 g/mol. The molecule has 1 rings (SSSR count). The topological polar surface area (TPSA) is 38.5 Å². The first kappa shape index (κ1) is 16.2. The number of nitrogens with zero attached hydrogens (tertiary/aromatic N) is 1. The summed E-state index contributed by atoms with van der Waals surface area (Å²) in [6.45, 7) is 7.83. The third-order valence-electron chi connectivity index (χ3n) is 3.75. The first-order valence-corrected chi connectivity index (χ1v) is 7.26. The number of hydrogen-bond acceptors (Lipinski definition) is 3. The summed E-state index contributed by atoms with van der Waals surface area (Å²) in [4.78, 5) is 2.51. The van der Waals surface area contributed by atoms with Crippen LogP contribution in [-0.4, -0.2) is 31.2 Å². The summed E-state index contributed by atoms with van der Waals surface area (Å²) in [7, 11) is 1.76. The van der Waals surface area contributed by atoms with Crippen molar-refractivity contribution in [2.45, 2.75) is 45.8 Å². The highest BCUT2D eigenvalue weighted by Gasteiger charge is 2.16. The maximum atomic E-state index is 5.82. The highest BCUT2D eigenvalue weighted by Crippen LogP contribution is 2.16. The Labute approximate surface area is 117 Å². The molecule has 19 heavy (non-hydrogen) atoms. The number of benzene rings is 1. The molecule has 3 heteroatoms. The van der Waals surface area contributed by atoms with E-state index in [2.05, 4.69) is 43.0 Å². The van der Waals surface area contributed by atoms with Gasteiger partial charge in [-0.05, 0) is 24.0 Å². The zero-order valence-electron chi connectivity index (χ0n) is 12.6. The molecule has 0 aliphatic rings. The van der Waals surface area contributed by atoms with Crippen molar-refractivity contribution in [1.82, 2.24) is 4.90 Å². The summed E-state index contributed by atoms with van der Waals surface area (Å²) >= 11 is 0. The molecule has 0 saturated carbocycles. The molecule has 0 atom stereocenters. The smallest absolute Gasteiger partial charge is 0.0589 e. The Hall–Kier alpha value is -0.900. The van der Waals surface area contributed by atoms with Crippen LogP contribution in [0.2, 0.25) is 0 Å². The van der Waals surface area contributed by atoms with Gasteiger partial charge in [-0.3, -0.25) is 4.90 Å². The number of ether oxygens (including phenoxy) is 1. The van der Waals surface area contributed by atoms with Gasteiger partial charge >= 0.3 is 0 Å². The Morgan fingerprint density at radius 2 is 1.79 bits per heavy atom. The van der Waals surface area contributed by atoms with E-state index in [1.54, 1.807) is 7.11 Å². The lowest BCUT2D eigenvalue weighted by Gasteiger charge is -2.31. The van der Waals surface area contributed by atoms with Gasteiger partial charge in [-0.15, -0.1) is 0 Å². The van der Waals surface area contributed by atoms with Gasteiger partial charge in [-0.1, -0.05) is 38.1 Å². The summed E-state index contributed by atoms with van der Waals surface area (Å²) in [5, 5.41) is 0. The molecule has 0 heterocycles. The lowest BCUT2D eigenvalue weighted by atomic mass is 10.0. The van der Waals surface area contributed by atoms with Gasteiger partial charge in [0.15, 0.2) is 0 Å². The number of nitrogens with two attached hydrogens (primary N) is 1. The standard InChI is InChI=1S/C16H28N2O/c1-4-16(5-2)18(10-11-19-3)13-15-9-7-6-8-14(15)12-17/h6-9,16H,4-5,10-13,17H2,1-3H3. The highest BCUT2D eigenvalue weighted by molar-refractivity contribution is 5.26. The van der Waals surface area contributed by atoms with Crippen LogP contribution >= 0.6 is 0 Å². The summed E-state index contributed by atoms with van der Waals surface area (Å²) in [5.41, 5.74) is 8.41. The normalized spacial score (nSPS) is 11.5. The van der Waals surface area contributed by atoms with Gasteiger partial charge in [0.1, 0.15) is 0 Å². The summed E-state index contributed by atoms with van der Waals surface area (Å²) in [6, 6.07) is 9.07. The molecule has 0 aliphatic carbocycles. The molecule has 108 valence electrons. The van der Waals surface area contributed by atoms with Crippen molar-refractivity contribution in [1.29, 1.82) is 0 Å². The van der Waals surface area contributed by atoms with E-state index in [4.69, 9.17) is 10.5 Å². The van der Waals surface area contributed by atoms with Gasteiger partial charge in [-0.2, -0.15) is 0 Å². The molecular formula is C16H28N2O. The third-order valence-corrected chi connectivity index (χ3v) is 3.75. The lowest BCUT2D eigenvalue weighted by molar-refractivity contribution is 0.110. The second kappa shape index (κ2) is 9.08. The first-order valence-electron chi connectivity index (χ1n) is 7.26. The summed E-state index contributed by atoms with van der Waals surface area (Å²) in [6.07, 6.45) is 2.34. The van der Waals surface area contributed by atoms with Crippen LogP contribution in [0.15, 0.2) is 24.3 Å². The maximum Gasteiger partial charge on any atom is 0.0589 e. The molecule has 0 bridgehead atoms. The van der Waals surface area contributed by atoms with Crippen molar-refractivity contribution in [2.75, 3.05) is 20.3 Å². The van der Waals surface area contributed by atoms with Crippen molar-refractivity contribution >= 4 is 0 Å². The fourth-order valence-corrected chi connectivity index (χ4v) is 2.53. The molecule has 1 aromatic rings. The maximum absolute atomic E-state index is 5.82. The molecule has 2 N–H and O–H groups in total. The largest absolute Gasteiger partial charge is 0.383 e. The summed E-state index contributed by atoms with van der Waals surface area (Å²) < 4.78 is 5.24. The van der Waals surface area contributed by atoms with Gasteiger partial charge in [0, 0.05) is 32.8 Å². The SMILES string of the molecule is CCC(CC)N(CCOC)Cc1ccccc1CN. The Kier molecular flexibility index (Phi) is 7.72. The van der Waals surface area contributed by atoms with Crippen LogP contribution in [0.25, 0.3) is 0 Å². The molecule has 0 fully saturated rings. The zero-order valence-corrected chi connectivity index (χ0v) is 12.6. The molecule has 0 aromatic heterocycles. The van der Waals surface area contributed by atoms with E-state index in [0.717, 1.165) is 19.7 Å². The van der Waals surface area contributed by atoms with Crippen LogP contribution in [-0.2, 0) is 17.8 Å². The van der Waals surface area contributed by atoms with Crippen molar-refractivity contribution in [2.24, 2.45) is 5.73 Å². The van der Waals surface area contributed by atoms with E-state index in [1.807, 2.05) is 0 Å². The van der Waals surface area contributed by atoms with Crippen molar-refractivity contribution in [3.05, 3.63) is 35.4 Å². The second-order valence-electron chi connectivity index (χ2n) is 4.91. The van der Waals surface area contributed by atoms with Gasteiger partial charge in [0.25, 0.3) is 0 Å². The average molecular weight is 264 g/mol. The predicted molar refractivity (Wildman–Crippen MR) is 81.0 cm³/mol. The zero-order chi connectivity index (χ0) is 14.1. The van der Waals surface area contributed by atoms with Gasteiger partial charge in [0.2, 0.25) is 0 Å². The van der Waals surface area contributed by atoms with Crippen molar-refractivity contribution in [3.63, 3.8) is 0 Å². The molecule has 0 saturated heterocycles. The van der Waals surface area contributed by atoms with E-state index < -0.39 is 0 Å². The molecule has 0 spiro atoms. The Morgan fingerprint density at radius 1 is 1.16 bits per heavy atom. The number of rotatable bonds is 9. The van der Waals surface area contributed by atoms with Crippen LogP contribution in [0.5, 0.6) is 0 Å². The molecule has 0 amide bonds. The highest BCUT2D eigenvalue weighted by atomic mass is 16.5. The predicted octanol–water partition coefficient (Wildman–Crippen LogP) is 2.78. The van der Waals surface area contributed by atoms with Crippen LogP contribution in [0.4, 0.5) is 0 Å². The third kappa shape index (κ3) is 4.94. The van der Waals surface area contributed by atoms with Crippen LogP contribution in [0.1, 0.15) is 37.8 Å². The van der Waals surface area contributed by atoms with Gasteiger partial charge in [0.05, 0.1) is 6.61 Å². The minimum absolute atomic E-state index is 0.608. The van der Waals surface area contributed by atoms with Gasteiger partial charge in [-0.25, -0.2) is 0 Å². The first-order chi connectivity index (χ1) is 9.26. The fourth-order valence-electron chi connectivity index (χ4n) is 2.53. The average Bonchev–Trinajstić information content (AvgIpc) is 2.46. The van der Waals surface area contributed by atoms with Crippen LogP contribution in [0, 0.1) is 0 Å². The monoisotopic (exact) mass is 264 g/mol. The molecule has 3 nitrogen and oxygen atoms in total. The summed E-state index contributed by atoms with van der Waals surface area (Å²) in [5.74, 6) is 0. The Morgan fingerprint density at radius 3 is 2.32 bits per heavy atom. The van der Waals surface area contributed by atoms with Crippen molar-refractivity contribution < 1.29 is 4.74 Å². The van der Waals surface area contributed by atoms with E-state index in [9.17, 15) is 0 Å². The molecule has 1 aromatic carbocycles. The fraction of sp³-hybridized carbons (Fsp3) is 0.625. The van der Waals surface area contributed by atoms with Gasteiger partial charge < -0.3 is 10.5 Å². The number of methoxy groups -OCH3 is 1. The number of hydrogen-bond donors (Lipinski definition) is 1. The van der Waals surface area contributed by atoms with Crippen LogP contribution in [0.3, 0.4) is 0 Å². The van der Waals surface area contributed by atoms with Crippen LogP contribution < -0.4 is 5.73 Å². The Bertz CT molecular complexity index is 350. The lowest BCUT2D eigenvalue weighted by Crippen LogP contribution is -2.36. The van der Waals surface area contributed by atoms with E-state index >= 15 is 0 Å².